The van der Waals surface area contributed by atoms with Crippen LogP contribution in [0.25, 0.3) is 11.0 Å². The lowest BCUT2D eigenvalue weighted by Gasteiger charge is -2.19. The van der Waals surface area contributed by atoms with Crippen LogP contribution in [0.3, 0.4) is 0 Å². The van der Waals surface area contributed by atoms with Gasteiger partial charge in [0.05, 0.1) is 11.0 Å². The first-order chi connectivity index (χ1) is 10.2. The van der Waals surface area contributed by atoms with Gasteiger partial charge in [0.2, 0.25) is 0 Å². The first-order valence-electron chi connectivity index (χ1n) is 7.01. The third kappa shape index (κ3) is 2.94. The summed E-state index contributed by atoms with van der Waals surface area (Å²) < 4.78 is 0. The number of fused-ring (bicyclic) bond motifs is 1. The lowest BCUT2D eigenvalue weighted by atomic mass is 10.1. The molecule has 1 heterocycles. The number of nitrogen functional groups attached to an aromatic ring is 1. The van der Waals surface area contributed by atoms with Crippen molar-refractivity contribution in [3.63, 3.8) is 0 Å². The molecule has 3 rings (SSSR count). The fourth-order valence-electron chi connectivity index (χ4n) is 2.33. The van der Waals surface area contributed by atoms with E-state index in [1.165, 1.54) is 5.56 Å². The Morgan fingerprint density at radius 3 is 2.24 bits per heavy atom. The van der Waals surface area contributed by atoms with E-state index in [9.17, 15) is 0 Å². The standard InChI is InChI=1S/C17H18N4/c1-21(12-11-13-7-3-2-4-8-13)17-16(18)19-14-9-5-6-10-15(14)20-17/h2-10H,11-12H2,1H3,(H2,18,19). The topological polar surface area (TPSA) is 55.0 Å². The summed E-state index contributed by atoms with van der Waals surface area (Å²) in [6, 6.07) is 18.2. The van der Waals surface area contributed by atoms with Crippen LogP contribution in [0.1, 0.15) is 5.56 Å². The molecule has 4 nitrogen and oxygen atoms in total. The highest BCUT2D eigenvalue weighted by Crippen LogP contribution is 2.21. The van der Waals surface area contributed by atoms with Gasteiger partial charge in [-0.1, -0.05) is 42.5 Å². The molecule has 0 radical (unpaired) electrons. The fourth-order valence-corrected chi connectivity index (χ4v) is 2.33. The molecule has 0 atom stereocenters. The summed E-state index contributed by atoms with van der Waals surface area (Å²) in [5.74, 6) is 1.22. The van der Waals surface area contributed by atoms with Crippen LogP contribution in [0.5, 0.6) is 0 Å². The maximum atomic E-state index is 6.04. The van der Waals surface area contributed by atoms with E-state index in [0.29, 0.717) is 5.82 Å². The maximum Gasteiger partial charge on any atom is 0.171 e. The minimum absolute atomic E-state index is 0.476. The van der Waals surface area contributed by atoms with Gasteiger partial charge in [0, 0.05) is 13.6 Å². The SMILES string of the molecule is CN(CCc1ccccc1)c1nc2ccccc2nc1N. The molecule has 0 saturated heterocycles. The molecular formula is C17H18N4. The number of likely N-dealkylation sites (N-methyl/N-ethyl adjacent to an activating group) is 1. The van der Waals surface area contributed by atoms with Gasteiger partial charge in [0.1, 0.15) is 0 Å². The van der Waals surface area contributed by atoms with Crippen LogP contribution in [-0.2, 0) is 6.42 Å². The van der Waals surface area contributed by atoms with E-state index < -0.39 is 0 Å². The molecule has 0 aliphatic heterocycles. The van der Waals surface area contributed by atoms with Crippen LogP contribution >= 0.6 is 0 Å². The second-order valence-electron chi connectivity index (χ2n) is 5.08. The average molecular weight is 278 g/mol. The number of aromatic nitrogens is 2. The summed E-state index contributed by atoms with van der Waals surface area (Å²) in [5.41, 5.74) is 9.04. The number of hydrogen-bond donors (Lipinski definition) is 1. The summed E-state index contributed by atoms with van der Waals surface area (Å²) in [4.78, 5) is 11.1. The molecule has 0 amide bonds. The molecule has 2 N–H and O–H groups in total. The zero-order chi connectivity index (χ0) is 14.7. The number of rotatable bonds is 4. The van der Waals surface area contributed by atoms with Crippen molar-refractivity contribution in [2.45, 2.75) is 6.42 Å². The predicted octanol–water partition coefficient (Wildman–Crippen LogP) is 2.89. The Kier molecular flexibility index (Phi) is 3.69. The van der Waals surface area contributed by atoms with E-state index in [1.54, 1.807) is 0 Å². The van der Waals surface area contributed by atoms with Crippen LogP contribution in [0.2, 0.25) is 0 Å². The fraction of sp³-hybridized carbons (Fsp3) is 0.176. The van der Waals surface area contributed by atoms with Crippen molar-refractivity contribution in [2.75, 3.05) is 24.2 Å². The molecule has 0 spiro atoms. The largest absolute Gasteiger partial charge is 0.381 e. The number of hydrogen-bond acceptors (Lipinski definition) is 4. The van der Waals surface area contributed by atoms with E-state index in [1.807, 2.05) is 37.4 Å². The molecule has 0 saturated carbocycles. The molecule has 0 aliphatic carbocycles. The quantitative estimate of drug-likeness (QED) is 0.797. The van der Waals surface area contributed by atoms with Crippen LogP contribution < -0.4 is 10.6 Å². The average Bonchev–Trinajstić information content (AvgIpc) is 2.53. The third-order valence-corrected chi connectivity index (χ3v) is 3.52. The lowest BCUT2D eigenvalue weighted by Crippen LogP contribution is -2.23. The van der Waals surface area contributed by atoms with Crippen LogP contribution in [-0.4, -0.2) is 23.6 Å². The summed E-state index contributed by atoms with van der Waals surface area (Å²) in [7, 11) is 2.00. The second kappa shape index (κ2) is 5.79. The number of benzene rings is 2. The number of para-hydroxylation sites is 2. The van der Waals surface area contributed by atoms with Crippen molar-refractivity contribution in [1.82, 2.24) is 9.97 Å². The Morgan fingerprint density at radius 2 is 1.52 bits per heavy atom. The van der Waals surface area contributed by atoms with E-state index in [2.05, 4.69) is 39.1 Å². The highest BCUT2D eigenvalue weighted by Gasteiger charge is 2.10. The predicted molar refractivity (Wildman–Crippen MR) is 87.4 cm³/mol. The van der Waals surface area contributed by atoms with Crippen LogP contribution in [0.4, 0.5) is 11.6 Å². The molecule has 0 aliphatic rings. The van der Waals surface area contributed by atoms with Gasteiger partial charge in [-0.05, 0) is 24.1 Å². The van der Waals surface area contributed by atoms with E-state index in [0.717, 1.165) is 29.8 Å². The normalized spacial score (nSPS) is 10.7. The highest BCUT2D eigenvalue weighted by atomic mass is 15.2. The number of nitrogens with two attached hydrogens (primary N) is 1. The molecule has 0 fully saturated rings. The molecule has 0 bridgehead atoms. The zero-order valence-electron chi connectivity index (χ0n) is 12.0. The summed E-state index contributed by atoms with van der Waals surface area (Å²) in [5, 5.41) is 0. The molecule has 21 heavy (non-hydrogen) atoms. The Bertz CT molecular complexity index is 740. The maximum absolute atomic E-state index is 6.04. The van der Waals surface area contributed by atoms with Gasteiger partial charge in [-0.2, -0.15) is 0 Å². The Hall–Kier alpha value is -2.62. The number of anilines is 2. The van der Waals surface area contributed by atoms with E-state index in [-0.39, 0.29) is 0 Å². The smallest absolute Gasteiger partial charge is 0.171 e. The third-order valence-electron chi connectivity index (χ3n) is 3.52. The second-order valence-corrected chi connectivity index (χ2v) is 5.08. The van der Waals surface area contributed by atoms with Crippen molar-refractivity contribution in [3.8, 4) is 0 Å². The van der Waals surface area contributed by atoms with Crippen LogP contribution in [0, 0.1) is 0 Å². The van der Waals surface area contributed by atoms with Gasteiger partial charge in [-0.3, -0.25) is 0 Å². The zero-order valence-corrected chi connectivity index (χ0v) is 12.0. The van der Waals surface area contributed by atoms with Gasteiger partial charge in [0.25, 0.3) is 0 Å². The Labute approximate surface area is 124 Å². The molecule has 1 aromatic heterocycles. The molecule has 2 aromatic carbocycles. The minimum atomic E-state index is 0.476. The van der Waals surface area contributed by atoms with Gasteiger partial charge in [-0.15, -0.1) is 0 Å². The Balaban J connectivity index is 1.80. The van der Waals surface area contributed by atoms with Crippen molar-refractivity contribution in [3.05, 3.63) is 60.2 Å². The van der Waals surface area contributed by atoms with Gasteiger partial charge in [-0.25, -0.2) is 9.97 Å². The van der Waals surface area contributed by atoms with Crippen molar-refractivity contribution in [1.29, 1.82) is 0 Å². The molecular weight excluding hydrogens is 260 g/mol. The molecule has 106 valence electrons. The lowest BCUT2D eigenvalue weighted by molar-refractivity contribution is 0.861. The molecule has 3 aromatic rings. The van der Waals surface area contributed by atoms with Gasteiger partial charge < -0.3 is 10.6 Å². The van der Waals surface area contributed by atoms with Crippen molar-refractivity contribution >= 4 is 22.7 Å². The van der Waals surface area contributed by atoms with Crippen LogP contribution in [0.15, 0.2) is 54.6 Å². The van der Waals surface area contributed by atoms with Crippen molar-refractivity contribution < 1.29 is 0 Å². The van der Waals surface area contributed by atoms with Gasteiger partial charge in [0.15, 0.2) is 11.6 Å². The first kappa shape index (κ1) is 13.4. The number of nitrogens with zero attached hydrogens (tertiary/aromatic N) is 3. The van der Waals surface area contributed by atoms with Crippen molar-refractivity contribution in [2.24, 2.45) is 0 Å². The summed E-state index contributed by atoms with van der Waals surface area (Å²) in [6.45, 7) is 0.848. The summed E-state index contributed by atoms with van der Waals surface area (Å²) in [6.07, 6.45) is 0.950. The van der Waals surface area contributed by atoms with E-state index >= 15 is 0 Å². The monoisotopic (exact) mass is 278 g/mol. The van der Waals surface area contributed by atoms with E-state index in [4.69, 9.17) is 5.73 Å². The molecule has 4 heteroatoms. The first-order valence-corrected chi connectivity index (χ1v) is 7.01. The highest BCUT2D eigenvalue weighted by molar-refractivity contribution is 5.79. The van der Waals surface area contributed by atoms with Gasteiger partial charge >= 0.3 is 0 Å². The Morgan fingerprint density at radius 1 is 0.905 bits per heavy atom. The summed E-state index contributed by atoms with van der Waals surface area (Å²) >= 11 is 0. The minimum Gasteiger partial charge on any atom is -0.381 e. The molecule has 0 unspecified atom stereocenters.